The summed E-state index contributed by atoms with van der Waals surface area (Å²) in [5.41, 5.74) is 5.51. The number of halogens is 2. The van der Waals surface area contributed by atoms with Gasteiger partial charge < -0.3 is 5.73 Å². The number of thiazole rings is 1. The summed E-state index contributed by atoms with van der Waals surface area (Å²) in [5, 5.41) is 4.25. The SMILES string of the molecule is NC(=O)Cc1csc(NC(=O)c2cccnc2SC(F)F)n1. The first-order valence-electron chi connectivity index (χ1n) is 5.89. The molecule has 2 amide bonds. The number of nitrogens with one attached hydrogen (secondary N) is 1. The molecule has 0 saturated carbocycles. The van der Waals surface area contributed by atoms with E-state index < -0.39 is 17.6 Å². The summed E-state index contributed by atoms with van der Waals surface area (Å²) in [6.07, 6.45) is 1.29. The molecule has 0 radical (unpaired) electrons. The maximum Gasteiger partial charge on any atom is 0.290 e. The number of aromatic nitrogens is 2. The van der Waals surface area contributed by atoms with Crippen LogP contribution in [0.3, 0.4) is 0 Å². The van der Waals surface area contributed by atoms with Crippen LogP contribution in [0, 0.1) is 0 Å². The Morgan fingerprint density at radius 2 is 2.23 bits per heavy atom. The van der Waals surface area contributed by atoms with Gasteiger partial charge in [-0.3, -0.25) is 14.9 Å². The van der Waals surface area contributed by atoms with E-state index in [9.17, 15) is 18.4 Å². The van der Waals surface area contributed by atoms with Crippen molar-refractivity contribution in [1.29, 1.82) is 0 Å². The summed E-state index contributed by atoms with van der Waals surface area (Å²) in [5.74, 6) is -3.81. The number of carbonyl (C=O) groups is 2. The number of anilines is 1. The van der Waals surface area contributed by atoms with Gasteiger partial charge in [0.05, 0.1) is 17.7 Å². The van der Waals surface area contributed by atoms with E-state index in [0.29, 0.717) is 5.69 Å². The topological polar surface area (TPSA) is 98.0 Å². The number of alkyl halides is 2. The maximum atomic E-state index is 12.5. The van der Waals surface area contributed by atoms with Crippen LogP contribution in [0.2, 0.25) is 0 Å². The van der Waals surface area contributed by atoms with E-state index in [1.165, 1.54) is 18.3 Å². The third-order valence-corrected chi connectivity index (χ3v) is 3.88. The van der Waals surface area contributed by atoms with Crippen molar-refractivity contribution >= 4 is 40.0 Å². The third kappa shape index (κ3) is 4.46. The first-order chi connectivity index (χ1) is 10.5. The van der Waals surface area contributed by atoms with Gasteiger partial charge in [0.15, 0.2) is 5.13 Å². The Morgan fingerprint density at radius 3 is 2.91 bits per heavy atom. The molecule has 116 valence electrons. The Morgan fingerprint density at radius 1 is 1.45 bits per heavy atom. The van der Waals surface area contributed by atoms with Crippen molar-refractivity contribution in [3.05, 3.63) is 35.0 Å². The van der Waals surface area contributed by atoms with Crippen molar-refractivity contribution in [3.63, 3.8) is 0 Å². The molecule has 2 heterocycles. The second kappa shape index (κ2) is 7.27. The van der Waals surface area contributed by atoms with Gasteiger partial charge in [-0.2, -0.15) is 8.78 Å². The molecule has 0 bridgehead atoms. The standard InChI is InChI=1S/C12H10F2N4O2S2/c13-11(14)22-10-7(2-1-3-16-10)9(20)18-12-17-6(5-21-12)4-8(15)19/h1-3,5,11H,4H2,(H2,15,19)(H,17,18,20). The van der Waals surface area contributed by atoms with Crippen LogP contribution in [0.15, 0.2) is 28.7 Å². The number of nitrogens with zero attached hydrogens (tertiary/aromatic N) is 2. The molecule has 2 rings (SSSR count). The molecule has 0 aliphatic heterocycles. The highest BCUT2D eigenvalue weighted by Crippen LogP contribution is 2.27. The fourth-order valence-corrected chi connectivity index (χ4v) is 2.81. The smallest absolute Gasteiger partial charge is 0.290 e. The van der Waals surface area contributed by atoms with Crippen molar-refractivity contribution in [2.45, 2.75) is 17.2 Å². The molecule has 10 heteroatoms. The summed E-state index contributed by atoms with van der Waals surface area (Å²) in [6, 6.07) is 2.87. The van der Waals surface area contributed by atoms with E-state index >= 15 is 0 Å². The minimum absolute atomic E-state index is 0.0273. The molecule has 0 unspecified atom stereocenters. The fourth-order valence-electron chi connectivity index (χ4n) is 1.53. The number of hydrogen-bond acceptors (Lipinski definition) is 6. The normalized spacial score (nSPS) is 10.7. The summed E-state index contributed by atoms with van der Waals surface area (Å²) in [7, 11) is 0. The molecule has 0 aliphatic carbocycles. The summed E-state index contributed by atoms with van der Waals surface area (Å²) in [4.78, 5) is 30.7. The maximum absolute atomic E-state index is 12.5. The Balaban J connectivity index is 2.12. The highest BCUT2D eigenvalue weighted by molar-refractivity contribution is 7.99. The van der Waals surface area contributed by atoms with Gasteiger partial charge in [-0.05, 0) is 23.9 Å². The van der Waals surface area contributed by atoms with Gasteiger partial charge in [-0.1, -0.05) is 0 Å². The van der Waals surface area contributed by atoms with Gasteiger partial charge in [0.2, 0.25) is 5.91 Å². The second-order valence-electron chi connectivity index (χ2n) is 3.98. The molecular formula is C12H10F2N4O2S2. The quantitative estimate of drug-likeness (QED) is 0.782. The van der Waals surface area contributed by atoms with Crippen LogP contribution in [0.25, 0.3) is 0 Å². The van der Waals surface area contributed by atoms with Crippen LogP contribution >= 0.6 is 23.1 Å². The number of rotatable bonds is 6. The lowest BCUT2D eigenvalue weighted by atomic mass is 10.3. The molecule has 0 saturated heterocycles. The van der Waals surface area contributed by atoms with Crippen molar-refractivity contribution < 1.29 is 18.4 Å². The second-order valence-corrected chi connectivity index (χ2v) is 5.81. The molecule has 22 heavy (non-hydrogen) atoms. The predicted octanol–water partition coefficient (Wildman–Crippen LogP) is 2.13. The number of carbonyl (C=O) groups excluding carboxylic acids is 2. The lowest BCUT2D eigenvalue weighted by molar-refractivity contribution is -0.117. The number of pyridine rings is 1. The van der Waals surface area contributed by atoms with Gasteiger partial charge in [-0.15, -0.1) is 11.3 Å². The van der Waals surface area contributed by atoms with Crippen LogP contribution in [-0.2, 0) is 11.2 Å². The zero-order chi connectivity index (χ0) is 16.1. The molecular weight excluding hydrogens is 334 g/mol. The van der Waals surface area contributed by atoms with Gasteiger partial charge in [0.25, 0.3) is 11.7 Å². The molecule has 0 atom stereocenters. The Labute approximate surface area is 132 Å². The number of amides is 2. The van der Waals surface area contributed by atoms with E-state index in [-0.39, 0.29) is 33.9 Å². The average Bonchev–Trinajstić information content (AvgIpc) is 2.84. The average molecular weight is 344 g/mol. The molecule has 0 aromatic carbocycles. The Hall–Kier alpha value is -2.07. The van der Waals surface area contributed by atoms with Crippen molar-refractivity contribution in [2.75, 3.05) is 5.32 Å². The lowest BCUT2D eigenvalue weighted by Gasteiger charge is -2.06. The van der Waals surface area contributed by atoms with Crippen molar-refractivity contribution in [3.8, 4) is 0 Å². The monoisotopic (exact) mass is 344 g/mol. The van der Waals surface area contributed by atoms with Crippen LogP contribution in [0.4, 0.5) is 13.9 Å². The Kier molecular flexibility index (Phi) is 5.39. The molecule has 2 aromatic heterocycles. The van der Waals surface area contributed by atoms with E-state index in [4.69, 9.17) is 5.73 Å². The zero-order valence-electron chi connectivity index (χ0n) is 11.0. The molecule has 2 aromatic rings. The largest absolute Gasteiger partial charge is 0.369 e. The molecule has 0 fully saturated rings. The first-order valence-corrected chi connectivity index (χ1v) is 7.65. The molecule has 0 spiro atoms. The van der Waals surface area contributed by atoms with Crippen molar-refractivity contribution in [2.24, 2.45) is 5.73 Å². The summed E-state index contributed by atoms with van der Waals surface area (Å²) in [6.45, 7) is 0. The zero-order valence-corrected chi connectivity index (χ0v) is 12.6. The van der Waals surface area contributed by atoms with Gasteiger partial charge in [-0.25, -0.2) is 9.97 Å². The highest BCUT2D eigenvalue weighted by atomic mass is 32.2. The van der Waals surface area contributed by atoms with E-state index in [0.717, 1.165) is 11.3 Å². The van der Waals surface area contributed by atoms with E-state index in [1.807, 2.05) is 0 Å². The van der Waals surface area contributed by atoms with Gasteiger partial charge in [0.1, 0.15) is 5.03 Å². The fraction of sp³-hybridized carbons (Fsp3) is 0.167. The lowest BCUT2D eigenvalue weighted by Crippen LogP contribution is -2.15. The van der Waals surface area contributed by atoms with E-state index in [1.54, 1.807) is 5.38 Å². The predicted molar refractivity (Wildman–Crippen MR) is 79.1 cm³/mol. The number of hydrogen-bond donors (Lipinski definition) is 2. The highest BCUT2D eigenvalue weighted by Gasteiger charge is 2.17. The minimum atomic E-state index is -2.68. The van der Waals surface area contributed by atoms with E-state index in [2.05, 4.69) is 15.3 Å². The van der Waals surface area contributed by atoms with Gasteiger partial charge >= 0.3 is 0 Å². The molecule has 6 nitrogen and oxygen atoms in total. The number of thioether (sulfide) groups is 1. The van der Waals surface area contributed by atoms with Crippen LogP contribution < -0.4 is 11.1 Å². The Bertz CT molecular complexity index is 693. The minimum Gasteiger partial charge on any atom is -0.369 e. The third-order valence-electron chi connectivity index (χ3n) is 2.34. The summed E-state index contributed by atoms with van der Waals surface area (Å²) < 4.78 is 24.9. The van der Waals surface area contributed by atoms with Crippen LogP contribution in [0.5, 0.6) is 0 Å². The van der Waals surface area contributed by atoms with Crippen molar-refractivity contribution in [1.82, 2.24) is 9.97 Å². The number of nitrogens with two attached hydrogens (primary N) is 1. The molecule has 3 N–H and O–H groups in total. The summed E-state index contributed by atoms with van der Waals surface area (Å²) >= 11 is 1.30. The number of primary amides is 1. The first kappa shape index (κ1) is 16.3. The van der Waals surface area contributed by atoms with Crippen LogP contribution in [0.1, 0.15) is 16.1 Å². The van der Waals surface area contributed by atoms with Gasteiger partial charge in [0, 0.05) is 11.6 Å². The van der Waals surface area contributed by atoms with Crippen LogP contribution in [-0.4, -0.2) is 27.5 Å². The molecule has 0 aliphatic rings.